The molecular formula is C41H48F3N5O5. The predicted molar refractivity (Wildman–Crippen MR) is 200 cm³/mol. The zero-order valence-corrected chi connectivity index (χ0v) is 31.6. The third-order valence-electron chi connectivity index (χ3n) is 11.5. The molecule has 4 aromatic rings. The summed E-state index contributed by atoms with van der Waals surface area (Å²) in [5, 5.41) is 1.69. The number of aromatic nitrogens is 2. The number of hydrogen-bond acceptors (Lipinski definition) is 9. The molecule has 5 fully saturated rings. The highest BCUT2D eigenvalue weighted by Crippen LogP contribution is 2.44. The summed E-state index contributed by atoms with van der Waals surface area (Å²) in [6.07, 6.45) is 2.89. The molecule has 1 amide bonds. The molecule has 0 N–H and O–H groups in total. The Balaban J connectivity index is 1.26. The van der Waals surface area contributed by atoms with Crippen LogP contribution in [0.3, 0.4) is 0 Å². The van der Waals surface area contributed by atoms with Gasteiger partial charge in [-0.05, 0) is 99.5 Å². The van der Waals surface area contributed by atoms with E-state index >= 15 is 8.78 Å². The van der Waals surface area contributed by atoms with Gasteiger partial charge in [-0.15, -0.1) is 0 Å². The number of carbonyl (C=O) groups is 1. The summed E-state index contributed by atoms with van der Waals surface area (Å²) in [5.41, 5.74) is -0.197. The number of hydrogen-bond donors (Lipinski definition) is 0. The maximum absolute atomic E-state index is 17.4. The third-order valence-corrected chi connectivity index (χ3v) is 11.5. The molecule has 0 aliphatic carbocycles. The molecule has 5 aliphatic rings. The van der Waals surface area contributed by atoms with E-state index in [4.69, 9.17) is 23.9 Å². The maximum atomic E-state index is 17.4. The molecule has 0 spiro atoms. The van der Waals surface area contributed by atoms with Crippen LogP contribution in [0.5, 0.6) is 11.8 Å². The summed E-state index contributed by atoms with van der Waals surface area (Å²) in [7, 11) is 1.51. The van der Waals surface area contributed by atoms with Crippen molar-refractivity contribution in [2.45, 2.75) is 95.6 Å². The first-order valence-electron chi connectivity index (χ1n) is 19.0. The van der Waals surface area contributed by atoms with Crippen LogP contribution in [-0.4, -0.2) is 102 Å². The summed E-state index contributed by atoms with van der Waals surface area (Å²) >= 11 is 0. The van der Waals surface area contributed by atoms with E-state index in [9.17, 15) is 9.18 Å². The SMILES string of the molecule is CCc1cccc2cc(OCOC)cc(-c3c(F)cc4c(N5C[C@@H]6CCC5CN6C(=O)OC(C)(C)C)nc(OC[C@@]56CCCN5C[C@H](F)C6)nc4c3F)c12. The van der Waals surface area contributed by atoms with Gasteiger partial charge in [-0.3, -0.25) is 4.90 Å². The summed E-state index contributed by atoms with van der Waals surface area (Å²) < 4.78 is 71.9. The van der Waals surface area contributed by atoms with Crippen molar-refractivity contribution in [1.29, 1.82) is 0 Å². The van der Waals surface area contributed by atoms with E-state index in [1.807, 2.05) is 56.9 Å². The number of amides is 1. The molecule has 1 aromatic heterocycles. The molecule has 0 radical (unpaired) electrons. The molecule has 2 bridgehead atoms. The lowest BCUT2D eigenvalue weighted by molar-refractivity contribution is 0.000788. The summed E-state index contributed by atoms with van der Waals surface area (Å²) in [4.78, 5) is 28.6. The van der Waals surface area contributed by atoms with Crippen molar-refractivity contribution in [3.63, 3.8) is 0 Å². The summed E-state index contributed by atoms with van der Waals surface area (Å²) in [6.45, 7) is 9.54. The second-order valence-electron chi connectivity index (χ2n) is 16.2. The number of anilines is 1. The lowest BCUT2D eigenvalue weighted by Crippen LogP contribution is -2.64. The standard InChI is InChI=1S/C41H48F3N5O5/c1-6-24-9-7-10-25-15-29(53-23-51-5)16-30(33(24)25)34-32(43)17-31-36(35(34)44)45-38(52-22-41-13-8-14-47(41)19-26(42)18-41)46-37(31)48-20-28-12-11-27(48)21-49(28)39(50)54-40(2,3)4/h7,9-10,15-17,26-28H,6,8,11-14,18-23H2,1-5H3/t26-,27?,28+,41+/m1/s1. The zero-order chi connectivity index (χ0) is 37.9. The highest BCUT2D eigenvalue weighted by molar-refractivity contribution is 6.03. The van der Waals surface area contributed by atoms with Crippen LogP contribution in [0.4, 0.5) is 23.8 Å². The fraction of sp³-hybridized carbons (Fsp3) is 0.537. The number of aryl methyl sites for hydroxylation is 1. The fourth-order valence-electron chi connectivity index (χ4n) is 9.15. The Morgan fingerprint density at radius 2 is 1.85 bits per heavy atom. The van der Waals surface area contributed by atoms with Gasteiger partial charge in [-0.25, -0.2) is 18.0 Å². The molecule has 3 aromatic carbocycles. The molecule has 0 saturated carbocycles. The largest absolute Gasteiger partial charge is 0.468 e. The monoisotopic (exact) mass is 747 g/mol. The highest BCUT2D eigenvalue weighted by Gasteiger charge is 2.50. The van der Waals surface area contributed by atoms with Crippen LogP contribution in [0.1, 0.15) is 65.4 Å². The van der Waals surface area contributed by atoms with Crippen LogP contribution < -0.4 is 14.4 Å². The summed E-state index contributed by atoms with van der Waals surface area (Å²) in [5.74, 6) is -0.879. The number of alkyl halides is 1. The molecule has 13 heteroatoms. The second-order valence-corrected chi connectivity index (χ2v) is 16.2. The van der Waals surface area contributed by atoms with Gasteiger partial charge in [0.05, 0.1) is 17.1 Å². The number of halogens is 3. The molecule has 10 nitrogen and oxygen atoms in total. The lowest BCUT2D eigenvalue weighted by atomic mass is 9.90. The van der Waals surface area contributed by atoms with E-state index < -0.39 is 28.9 Å². The number of fused-ring (bicyclic) bond motifs is 6. The molecule has 54 heavy (non-hydrogen) atoms. The lowest BCUT2D eigenvalue weighted by Gasteiger charge is -2.51. The number of rotatable bonds is 9. The molecule has 9 rings (SSSR count). The number of ether oxygens (including phenoxy) is 4. The fourth-order valence-corrected chi connectivity index (χ4v) is 9.15. The van der Waals surface area contributed by atoms with E-state index in [0.717, 1.165) is 43.2 Å². The average molecular weight is 748 g/mol. The quantitative estimate of drug-likeness (QED) is 0.159. The van der Waals surface area contributed by atoms with Crippen LogP contribution in [0.25, 0.3) is 32.8 Å². The van der Waals surface area contributed by atoms with E-state index in [1.165, 1.54) is 13.2 Å². The Morgan fingerprint density at radius 3 is 2.59 bits per heavy atom. The van der Waals surface area contributed by atoms with Gasteiger partial charge in [-0.1, -0.05) is 25.1 Å². The minimum Gasteiger partial charge on any atom is -0.468 e. The van der Waals surface area contributed by atoms with Gasteiger partial charge in [0.25, 0.3) is 0 Å². The van der Waals surface area contributed by atoms with Gasteiger partial charge in [0, 0.05) is 44.6 Å². The van der Waals surface area contributed by atoms with Gasteiger partial charge in [0.15, 0.2) is 12.6 Å². The number of methoxy groups -OCH3 is 1. The summed E-state index contributed by atoms with van der Waals surface area (Å²) in [6, 6.07) is 10.1. The Kier molecular flexibility index (Phi) is 9.52. The van der Waals surface area contributed by atoms with Crippen LogP contribution in [0.2, 0.25) is 0 Å². The van der Waals surface area contributed by atoms with Crippen molar-refractivity contribution in [3.05, 3.63) is 53.6 Å². The van der Waals surface area contributed by atoms with Crippen LogP contribution in [-0.2, 0) is 15.9 Å². The van der Waals surface area contributed by atoms with Gasteiger partial charge >= 0.3 is 12.1 Å². The van der Waals surface area contributed by atoms with Crippen molar-refractivity contribution in [3.8, 4) is 22.9 Å². The highest BCUT2D eigenvalue weighted by atomic mass is 19.1. The van der Waals surface area contributed by atoms with Gasteiger partial charge in [-0.2, -0.15) is 9.97 Å². The topological polar surface area (TPSA) is 89.5 Å². The van der Waals surface area contributed by atoms with E-state index in [0.29, 0.717) is 55.0 Å². The van der Waals surface area contributed by atoms with Crippen molar-refractivity contribution < 1.29 is 36.9 Å². The van der Waals surface area contributed by atoms with E-state index in [-0.39, 0.29) is 54.1 Å². The number of nitrogens with zero attached hydrogens (tertiary/aromatic N) is 5. The first-order chi connectivity index (χ1) is 25.9. The van der Waals surface area contributed by atoms with Crippen molar-refractivity contribution in [1.82, 2.24) is 19.8 Å². The average Bonchev–Trinajstić information content (AvgIpc) is 3.67. The predicted octanol–water partition coefficient (Wildman–Crippen LogP) is 7.82. The molecule has 5 saturated heterocycles. The number of piperidine rings is 2. The minimum absolute atomic E-state index is 0.0379. The normalized spacial score (nSPS) is 24.1. The number of carbonyl (C=O) groups excluding carboxylic acids is 1. The second kappa shape index (κ2) is 14.1. The Bertz CT molecular complexity index is 2090. The number of piperazine rings is 1. The molecular weight excluding hydrogens is 699 g/mol. The van der Waals surface area contributed by atoms with Crippen molar-refractivity contribution in [2.24, 2.45) is 0 Å². The molecule has 4 atom stereocenters. The molecule has 288 valence electrons. The number of benzene rings is 3. The van der Waals surface area contributed by atoms with Gasteiger partial charge < -0.3 is 28.7 Å². The van der Waals surface area contributed by atoms with E-state index in [2.05, 4.69) is 9.88 Å². The molecule has 6 heterocycles. The van der Waals surface area contributed by atoms with Crippen molar-refractivity contribution in [2.75, 3.05) is 51.6 Å². The smallest absolute Gasteiger partial charge is 0.410 e. The van der Waals surface area contributed by atoms with Crippen LogP contribution >= 0.6 is 0 Å². The molecule has 5 aliphatic heterocycles. The van der Waals surface area contributed by atoms with Crippen molar-refractivity contribution >= 4 is 33.6 Å². The third kappa shape index (κ3) is 6.56. The van der Waals surface area contributed by atoms with E-state index in [1.54, 1.807) is 11.0 Å². The Hall–Kier alpha value is -4.36. The van der Waals surface area contributed by atoms with Gasteiger partial charge in [0.1, 0.15) is 41.3 Å². The first-order valence-corrected chi connectivity index (χ1v) is 19.0. The molecule has 1 unspecified atom stereocenters. The Morgan fingerprint density at radius 1 is 1.04 bits per heavy atom. The Labute approximate surface area is 313 Å². The van der Waals surface area contributed by atoms with Crippen LogP contribution in [0.15, 0.2) is 36.4 Å². The van der Waals surface area contributed by atoms with Crippen LogP contribution in [0, 0.1) is 11.6 Å². The maximum Gasteiger partial charge on any atom is 0.410 e. The van der Waals surface area contributed by atoms with Gasteiger partial charge in [0.2, 0.25) is 0 Å². The first kappa shape index (κ1) is 36.6. The minimum atomic E-state index is -0.951. The zero-order valence-electron chi connectivity index (χ0n) is 31.6.